The molecule has 0 bridgehead atoms. The third-order valence-corrected chi connectivity index (χ3v) is 3.49. The van der Waals surface area contributed by atoms with Crippen LogP contribution in [0.4, 0.5) is 0 Å². The summed E-state index contributed by atoms with van der Waals surface area (Å²) in [5, 5.41) is 5.73. The molecule has 1 fully saturated rings. The number of amides is 2. The van der Waals surface area contributed by atoms with E-state index in [2.05, 4.69) is 10.6 Å². The van der Waals surface area contributed by atoms with E-state index in [4.69, 9.17) is 11.6 Å². The van der Waals surface area contributed by atoms with Crippen molar-refractivity contribution in [1.29, 1.82) is 0 Å². The minimum absolute atomic E-state index is 0.0771. The Bertz CT molecular complexity index is 469. The van der Waals surface area contributed by atoms with Crippen molar-refractivity contribution in [1.82, 2.24) is 10.6 Å². The SMILES string of the molecule is O=C(CCCNC(=O)c1ccc(CCl)cc1)NC1CC1. The highest BCUT2D eigenvalue weighted by Crippen LogP contribution is 2.18. The summed E-state index contributed by atoms with van der Waals surface area (Å²) in [5.41, 5.74) is 1.60. The minimum Gasteiger partial charge on any atom is -0.353 e. The van der Waals surface area contributed by atoms with E-state index in [0.29, 0.717) is 36.9 Å². The molecule has 4 nitrogen and oxygen atoms in total. The van der Waals surface area contributed by atoms with E-state index < -0.39 is 0 Å². The van der Waals surface area contributed by atoms with E-state index in [1.807, 2.05) is 12.1 Å². The molecule has 20 heavy (non-hydrogen) atoms. The second-order valence-corrected chi connectivity index (χ2v) is 5.30. The van der Waals surface area contributed by atoms with Crippen molar-refractivity contribution in [2.75, 3.05) is 6.54 Å². The Kier molecular flexibility index (Phi) is 5.41. The molecule has 5 heteroatoms. The summed E-state index contributed by atoms with van der Waals surface area (Å²) in [4.78, 5) is 23.3. The first-order valence-electron chi connectivity index (χ1n) is 6.91. The van der Waals surface area contributed by atoms with Gasteiger partial charge in [-0.2, -0.15) is 0 Å². The Hall–Kier alpha value is -1.55. The normalized spacial score (nSPS) is 13.8. The second-order valence-electron chi connectivity index (χ2n) is 5.03. The third kappa shape index (κ3) is 4.85. The van der Waals surface area contributed by atoms with Gasteiger partial charge in [-0.05, 0) is 37.0 Å². The van der Waals surface area contributed by atoms with Gasteiger partial charge in [0.2, 0.25) is 5.91 Å². The average molecular weight is 295 g/mol. The summed E-state index contributed by atoms with van der Waals surface area (Å²) in [5.74, 6) is 0.403. The Morgan fingerprint density at radius 3 is 2.50 bits per heavy atom. The second kappa shape index (κ2) is 7.29. The molecule has 0 unspecified atom stereocenters. The molecule has 0 heterocycles. The Morgan fingerprint density at radius 1 is 1.20 bits per heavy atom. The van der Waals surface area contributed by atoms with Crippen LogP contribution < -0.4 is 10.6 Å². The number of benzene rings is 1. The van der Waals surface area contributed by atoms with Crippen LogP contribution in [0.15, 0.2) is 24.3 Å². The number of hydrogen-bond donors (Lipinski definition) is 2. The first kappa shape index (κ1) is 14.9. The van der Waals surface area contributed by atoms with E-state index in [1.54, 1.807) is 12.1 Å². The van der Waals surface area contributed by atoms with Crippen LogP contribution in [0.5, 0.6) is 0 Å². The molecule has 1 aromatic carbocycles. The van der Waals surface area contributed by atoms with E-state index in [0.717, 1.165) is 18.4 Å². The minimum atomic E-state index is -0.117. The molecular weight excluding hydrogens is 276 g/mol. The fourth-order valence-corrected chi connectivity index (χ4v) is 2.00. The first-order chi connectivity index (χ1) is 9.69. The molecule has 2 amide bonds. The van der Waals surface area contributed by atoms with Crippen LogP contribution in [0.2, 0.25) is 0 Å². The van der Waals surface area contributed by atoms with Crippen molar-refractivity contribution in [3.8, 4) is 0 Å². The van der Waals surface area contributed by atoms with Gasteiger partial charge in [0.1, 0.15) is 0 Å². The van der Waals surface area contributed by atoms with Gasteiger partial charge < -0.3 is 10.6 Å². The molecule has 2 N–H and O–H groups in total. The van der Waals surface area contributed by atoms with Crippen molar-refractivity contribution >= 4 is 23.4 Å². The number of rotatable bonds is 7. The summed E-state index contributed by atoms with van der Waals surface area (Å²) in [6.07, 6.45) is 3.31. The van der Waals surface area contributed by atoms with Crippen LogP contribution in [0.3, 0.4) is 0 Å². The van der Waals surface area contributed by atoms with Gasteiger partial charge in [0.05, 0.1) is 0 Å². The summed E-state index contributed by atoms with van der Waals surface area (Å²) in [6, 6.07) is 7.59. The van der Waals surface area contributed by atoms with Gasteiger partial charge in [-0.3, -0.25) is 9.59 Å². The Balaban J connectivity index is 1.64. The Labute approximate surface area is 123 Å². The van der Waals surface area contributed by atoms with E-state index in [9.17, 15) is 9.59 Å². The number of carbonyl (C=O) groups excluding carboxylic acids is 2. The molecule has 0 saturated heterocycles. The summed E-state index contributed by atoms with van der Waals surface area (Å²) < 4.78 is 0. The number of alkyl halides is 1. The lowest BCUT2D eigenvalue weighted by atomic mass is 10.1. The first-order valence-corrected chi connectivity index (χ1v) is 7.45. The van der Waals surface area contributed by atoms with Crippen molar-refractivity contribution in [2.24, 2.45) is 0 Å². The molecule has 0 atom stereocenters. The van der Waals surface area contributed by atoms with Crippen molar-refractivity contribution in [3.63, 3.8) is 0 Å². The van der Waals surface area contributed by atoms with Gasteiger partial charge in [-0.15, -0.1) is 11.6 Å². The number of hydrogen-bond acceptors (Lipinski definition) is 2. The molecule has 0 aromatic heterocycles. The van der Waals surface area contributed by atoms with Crippen LogP contribution in [0.25, 0.3) is 0 Å². The van der Waals surface area contributed by atoms with Gasteiger partial charge in [0.25, 0.3) is 5.91 Å². The molecule has 1 saturated carbocycles. The molecular formula is C15H19ClN2O2. The predicted molar refractivity (Wildman–Crippen MR) is 78.7 cm³/mol. The quantitative estimate of drug-likeness (QED) is 0.598. The smallest absolute Gasteiger partial charge is 0.251 e. The number of nitrogens with one attached hydrogen (secondary N) is 2. The maximum atomic E-state index is 11.8. The highest BCUT2D eigenvalue weighted by Gasteiger charge is 2.22. The fraction of sp³-hybridized carbons (Fsp3) is 0.467. The van der Waals surface area contributed by atoms with E-state index in [-0.39, 0.29) is 11.8 Å². The number of halogens is 1. The standard InChI is InChI=1S/C15H19ClN2O2/c16-10-11-3-5-12(6-4-11)15(20)17-9-1-2-14(19)18-13-7-8-13/h3-6,13H,1-2,7-10H2,(H,17,20)(H,18,19). The van der Waals surface area contributed by atoms with Gasteiger partial charge in [-0.25, -0.2) is 0 Å². The maximum Gasteiger partial charge on any atom is 0.251 e. The summed E-state index contributed by atoms with van der Waals surface area (Å²) in [6.45, 7) is 0.508. The lowest BCUT2D eigenvalue weighted by Crippen LogP contribution is -2.28. The van der Waals surface area contributed by atoms with Crippen molar-refractivity contribution in [2.45, 2.75) is 37.6 Å². The van der Waals surface area contributed by atoms with Crippen LogP contribution in [0, 0.1) is 0 Å². The highest BCUT2D eigenvalue weighted by atomic mass is 35.5. The molecule has 0 spiro atoms. The summed E-state index contributed by atoms with van der Waals surface area (Å²) in [7, 11) is 0. The average Bonchev–Trinajstić information content (AvgIpc) is 3.27. The fourth-order valence-electron chi connectivity index (χ4n) is 1.83. The molecule has 1 aliphatic carbocycles. The zero-order valence-corrected chi connectivity index (χ0v) is 12.1. The van der Waals surface area contributed by atoms with Crippen molar-refractivity contribution < 1.29 is 9.59 Å². The van der Waals surface area contributed by atoms with E-state index in [1.165, 1.54) is 0 Å². The van der Waals surface area contributed by atoms with E-state index >= 15 is 0 Å². The molecule has 0 radical (unpaired) electrons. The van der Waals surface area contributed by atoms with Crippen LogP contribution in [0.1, 0.15) is 41.6 Å². The molecule has 2 rings (SSSR count). The van der Waals surface area contributed by atoms with Gasteiger partial charge >= 0.3 is 0 Å². The summed E-state index contributed by atoms with van der Waals surface area (Å²) >= 11 is 5.69. The molecule has 1 aliphatic rings. The molecule has 0 aliphatic heterocycles. The predicted octanol–water partition coefficient (Wildman–Crippen LogP) is 2.21. The highest BCUT2D eigenvalue weighted by molar-refractivity contribution is 6.17. The van der Waals surface area contributed by atoms with Crippen LogP contribution in [-0.4, -0.2) is 24.4 Å². The van der Waals surface area contributed by atoms with Gasteiger partial charge in [-0.1, -0.05) is 12.1 Å². The third-order valence-electron chi connectivity index (χ3n) is 3.18. The molecule has 1 aromatic rings. The van der Waals surface area contributed by atoms with Crippen molar-refractivity contribution in [3.05, 3.63) is 35.4 Å². The number of carbonyl (C=O) groups is 2. The zero-order chi connectivity index (χ0) is 14.4. The maximum absolute atomic E-state index is 11.8. The van der Waals surface area contributed by atoms with Gasteiger partial charge in [0, 0.05) is 30.5 Å². The van der Waals surface area contributed by atoms with Gasteiger partial charge in [0.15, 0.2) is 0 Å². The topological polar surface area (TPSA) is 58.2 Å². The molecule has 108 valence electrons. The van der Waals surface area contributed by atoms with Crippen LogP contribution in [-0.2, 0) is 10.7 Å². The largest absolute Gasteiger partial charge is 0.353 e. The van der Waals surface area contributed by atoms with Crippen LogP contribution >= 0.6 is 11.6 Å². The Morgan fingerprint density at radius 2 is 1.90 bits per heavy atom. The lowest BCUT2D eigenvalue weighted by molar-refractivity contribution is -0.121. The zero-order valence-electron chi connectivity index (χ0n) is 11.3. The monoisotopic (exact) mass is 294 g/mol. The lowest BCUT2D eigenvalue weighted by Gasteiger charge is -2.06.